The molecule has 15 heavy (non-hydrogen) atoms. The molecule has 0 radical (unpaired) electrons. The van der Waals surface area contributed by atoms with E-state index in [9.17, 15) is 0 Å². The summed E-state index contributed by atoms with van der Waals surface area (Å²) in [5, 5.41) is 0. The van der Waals surface area contributed by atoms with Crippen LogP contribution < -0.4 is 11.5 Å². The average Bonchev–Trinajstić information content (AvgIpc) is 2.12. The Morgan fingerprint density at radius 2 is 1.53 bits per heavy atom. The summed E-state index contributed by atoms with van der Waals surface area (Å²) < 4.78 is 0. The van der Waals surface area contributed by atoms with Crippen LogP contribution in [0.3, 0.4) is 0 Å². The van der Waals surface area contributed by atoms with Gasteiger partial charge in [-0.3, -0.25) is 0 Å². The fraction of sp³-hybridized carbons (Fsp3) is 1.00. The van der Waals surface area contributed by atoms with Crippen LogP contribution in [0.2, 0.25) is 0 Å². The first-order chi connectivity index (χ1) is 7.06. The minimum atomic E-state index is 0.303. The normalized spacial score (nSPS) is 17.4. The van der Waals surface area contributed by atoms with Gasteiger partial charge in [0.05, 0.1) is 0 Å². The van der Waals surface area contributed by atoms with Crippen LogP contribution in [0.4, 0.5) is 0 Å². The molecule has 4 N–H and O–H groups in total. The van der Waals surface area contributed by atoms with Crippen molar-refractivity contribution in [2.75, 3.05) is 0 Å². The van der Waals surface area contributed by atoms with Crippen LogP contribution in [0.15, 0.2) is 0 Å². The molecular formula is C12H27BrN2. The van der Waals surface area contributed by atoms with Crippen molar-refractivity contribution in [2.24, 2.45) is 11.5 Å². The van der Waals surface area contributed by atoms with Crippen molar-refractivity contribution in [3.8, 4) is 0 Å². The van der Waals surface area contributed by atoms with Gasteiger partial charge in [0, 0.05) is 16.9 Å². The highest BCUT2D eigenvalue weighted by molar-refractivity contribution is 9.09. The van der Waals surface area contributed by atoms with Crippen LogP contribution in [-0.2, 0) is 0 Å². The highest BCUT2D eigenvalue weighted by atomic mass is 79.9. The van der Waals surface area contributed by atoms with Crippen LogP contribution in [0.5, 0.6) is 0 Å². The number of nitrogens with two attached hydrogens (primary N) is 2. The Labute approximate surface area is 103 Å². The highest BCUT2D eigenvalue weighted by Crippen LogP contribution is 2.12. The third-order valence-electron chi connectivity index (χ3n) is 2.69. The van der Waals surface area contributed by atoms with E-state index in [4.69, 9.17) is 11.5 Å². The van der Waals surface area contributed by atoms with Gasteiger partial charge in [-0.2, -0.15) is 0 Å². The van der Waals surface area contributed by atoms with Gasteiger partial charge >= 0.3 is 0 Å². The van der Waals surface area contributed by atoms with Crippen molar-refractivity contribution in [1.29, 1.82) is 0 Å². The van der Waals surface area contributed by atoms with Gasteiger partial charge in [0.25, 0.3) is 0 Å². The summed E-state index contributed by atoms with van der Waals surface area (Å²) in [6.07, 6.45) is 8.11. The minimum Gasteiger partial charge on any atom is -0.328 e. The van der Waals surface area contributed by atoms with Gasteiger partial charge in [-0.1, -0.05) is 49.0 Å². The van der Waals surface area contributed by atoms with E-state index < -0.39 is 0 Å². The third kappa shape index (κ3) is 10.7. The molecule has 3 atom stereocenters. The fourth-order valence-corrected chi connectivity index (χ4v) is 2.15. The summed E-state index contributed by atoms with van der Waals surface area (Å²) in [4.78, 5) is 0.635. The molecule has 3 heteroatoms. The average molecular weight is 279 g/mol. The van der Waals surface area contributed by atoms with Crippen LogP contribution in [0.1, 0.15) is 58.8 Å². The molecule has 0 amide bonds. The van der Waals surface area contributed by atoms with Crippen molar-refractivity contribution in [3.63, 3.8) is 0 Å². The SMILES string of the molecule is CCCC(N)CC(N)CCCCC(C)Br. The molecule has 0 heterocycles. The molecule has 0 spiro atoms. The zero-order chi connectivity index (χ0) is 11.7. The lowest BCUT2D eigenvalue weighted by molar-refractivity contribution is 0.456. The first kappa shape index (κ1) is 15.4. The predicted molar refractivity (Wildman–Crippen MR) is 72.3 cm³/mol. The number of alkyl halides is 1. The van der Waals surface area contributed by atoms with E-state index in [2.05, 4.69) is 29.8 Å². The van der Waals surface area contributed by atoms with Gasteiger partial charge in [-0.05, 0) is 25.7 Å². The molecule has 0 rings (SSSR count). The number of unbranched alkanes of at least 4 members (excludes halogenated alkanes) is 1. The summed E-state index contributed by atoms with van der Waals surface area (Å²) in [5.41, 5.74) is 12.0. The van der Waals surface area contributed by atoms with Gasteiger partial charge in [-0.15, -0.1) is 0 Å². The Morgan fingerprint density at radius 1 is 1.00 bits per heavy atom. The highest BCUT2D eigenvalue weighted by Gasteiger charge is 2.08. The molecule has 0 aliphatic heterocycles. The van der Waals surface area contributed by atoms with Gasteiger partial charge in [0.1, 0.15) is 0 Å². The maximum atomic E-state index is 6.03. The van der Waals surface area contributed by atoms with Crippen LogP contribution in [0.25, 0.3) is 0 Å². The Kier molecular flexibility index (Phi) is 9.87. The molecule has 92 valence electrons. The largest absolute Gasteiger partial charge is 0.328 e. The number of rotatable bonds is 9. The van der Waals surface area contributed by atoms with Gasteiger partial charge in [0.2, 0.25) is 0 Å². The van der Waals surface area contributed by atoms with E-state index in [-0.39, 0.29) is 0 Å². The van der Waals surface area contributed by atoms with E-state index in [1.54, 1.807) is 0 Å². The first-order valence-electron chi connectivity index (χ1n) is 6.21. The Balaban J connectivity index is 3.36. The Bertz CT molecular complexity index is 140. The molecule has 0 aromatic heterocycles. The third-order valence-corrected chi connectivity index (χ3v) is 3.15. The standard InChI is InChI=1S/C12H27BrN2/c1-3-6-11(14)9-12(15)8-5-4-7-10(2)13/h10-12H,3-9,14-15H2,1-2H3. The van der Waals surface area contributed by atoms with E-state index in [1.807, 2.05) is 0 Å². The maximum Gasteiger partial charge on any atom is 0.0117 e. The fourth-order valence-electron chi connectivity index (χ4n) is 1.83. The zero-order valence-electron chi connectivity index (χ0n) is 10.2. The van der Waals surface area contributed by atoms with Gasteiger partial charge < -0.3 is 11.5 Å². The molecule has 0 saturated heterocycles. The van der Waals surface area contributed by atoms with Crippen molar-refractivity contribution in [3.05, 3.63) is 0 Å². The van der Waals surface area contributed by atoms with Crippen molar-refractivity contribution in [1.82, 2.24) is 0 Å². The lowest BCUT2D eigenvalue weighted by Gasteiger charge is -2.16. The second kappa shape index (κ2) is 9.61. The van der Waals surface area contributed by atoms with E-state index in [0.29, 0.717) is 16.9 Å². The summed E-state index contributed by atoms with van der Waals surface area (Å²) in [5.74, 6) is 0. The van der Waals surface area contributed by atoms with Crippen LogP contribution >= 0.6 is 15.9 Å². The molecule has 0 aromatic carbocycles. The molecule has 0 saturated carbocycles. The number of hydrogen-bond acceptors (Lipinski definition) is 2. The van der Waals surface area contributed by atoms with E-state index in [0.717, 1.165) is 25.7 Å². The summed E-state index contributed by atoms with van der Waals surface area (Å²) >= 11 is 3.55. The predicted octanol–water partition coefficient (Wildman–Crippen LogP) is 3.18. The zero-order valence-corrected chi connectivity index (χ0v) is 11.8. The Morgan fingerprint density at radius 3 is 2.07 bits per heavy atom. The van der Waals surface area contributed by atoms with Crippen molar-refractivity contribution in [2.45, 2.75) is 75.7 Å². The second-order valence-electron chi connectivity index (χ2n) is 4.61. The minimum absolute atomic E-state index is 0.303. The van der Waals surface area contributed by atoms with Crippen LogP contribution in [0, 0.1) is 0 Å². The lowest BCUT2D eigenvalue weighted by Crippen LogP contribution is -2.31. The molecule has 0 aromatic rings. The summed E-state index contributed by atoms with van der Waals surface area (Å²) in [6.45, 7) is 4.36. The van der Waals surface area contributed by atoms with Crippen LogP contribution in [-0.4, -0.2) is 16.9 Å². The lowest BCUT2D eigenvalue weighted by atomic mass is 9.99. The molecule has 0 bridgehead atoms. The smallest absolute Gasteiger partial charge is 0.0117 e. The first-order valence-corrected chi connectivity index (χ1v) is 7.13. The molecular weight excluding hydrogens is 252 g/mol. The molecule has 0 aliphatic rings. The topological polar surface area (TPSA) is 52.0 Å². The molecule has 0 aliphatic carbocycles. The maximum absolute atomic E-state index is 6.03. The summed E-state index contributed by atoms with van der Waals surface area (Å²) in [7, 11) is 0. The molecule has 2 nitrogen and oxygen atoms in total. The Hall–Kier alpha value is 0.400. The van der Waals surface area contributed by atoms with Crippen molar-refractivity contribution < 1.29 is 0 Å². The quantitative estimate of drug-likeness (QED) is 0.503. The monoisotopic (exact) mass is 278 g/mol. The summed E-state index contributed by atoms with van der Waals surface area (Å²) in [6, 6.07) is 0.609. The van der Waals surface area contributed by atoms with Crippen molar-refractivity contribution >= 4 is 15.9 Å². The number of hydrogen-bond donors (Lipinski definition) is 2. The number of halogens is 1. The van der Waals surface area contributed by atoms with Gasteiger partial charge in [0.15, 0.2) is 0 Å². The van der Waals surface area contributed by atoms with Gasteiger partial charge in [-0.25, -0.2) is 0 Å². The second-order valence-corrected chi connectivity index (χ2v) is 6.17. The molecule has 0 fully saturated rings. The van der Waals surface area contributed by atoms with E-state index in [1.165, 1.54) is 19.3 Å². The van der Waals surface area contributed by atoms with E-state index >= 15 is 0 Å². The molecule has 3 unspecified atom stereocenters.